The fraction of sp³-hybridized carbons (Fsp3) is 0.259. The fourth-order valence-corrected chi connectivity index (χ4v) is 4.10. The van der Waals surface area contributed by atoms with E-state index in [-0.39, 0.29) is 11.4 Å². The maximum Gasteiger partial charge on any atom is 0.471 e. The number of nitrogens with one attached hydrogen (secondary N) is 1. The summed E-state index contributed by atoms with van der Waals surface area (Å²) >= 11 is 0. The molecule has 4 rings (SSSR count). The van der Waals surface area contributed by atoms with E-state index in [2.05, 4.69) is 6.92 Å². The number of hydrogen-bond donors (Lipinski definition) is 2. The van der Waals surface area contributed by atoms with Crippen LogP contribution in [0.15, 0.2) is 60.7 Å². The molecule has 5 nitrogen and oxygen atoms in total. The first-order valence-corrected chi connectivity index (χ1v) is 11.4. The summed E-state index contributed by atoms with van der Waals surface area (Å²) in [5.41, 5.74) is 4.66. The Kier molecular flexibility index (Phi) is 6.82. The highest BCUT2D eigenvalue weighted by atomic mass is 19.4. The highest BCUT2D eigenvalue weighted by Crippen LogP contribution is 2.32. The molecule has 0 aliphatic heterocycles. The second-order valence-electron chi connectivity index (χ2n) is 8.51. The zero-order chi connectivity index (χ0) is 25.2. The second kappa shape index (κ2) is 9.82. The first-order valence-electron chi connectivity index (χ1n) is 11.4. The predicted octanol–water partition coefficient (Wildman–Crippen LogP) is 6.61. The Balaban J connectivity index is 1.66. The molecule has 2 N–H and O–H groups in total. The van der Waals surface area contributed by atoms with Crippen LogP contribution < -0.4 is 5.32 Å². The quantitative estimate of drug-likeness (QED) is 0.312. The SMILES string of the molecule is CCCCc1nc2c(C)ccc(O)c2n1Cc1ccc(-c2ccccc2NC(=O)C(F)(F)F)cc1. The van der Waals surface area contributed by atoms with Crippen molar-refractivity contribution in [3.8, 4) is 16.9 Å². The van der Waals surface area contributed by atoms with Gasteiger partial charge in [0.15, 0.2) is 0 Å². The first-order chi connectivity index (χ1) is 16.7. The van der Waals surface area contributed by atoms with Gasteiger partial charge in [-0.2, -0.15) is 13.2 Å². The van der Waals surface area contributed by atoms with Crippen molar-refractivity contribution in [2.24, 2.45) is 0 Å². The second-order valence-corrected chi connectivity index (χ2v) is 8.51. The number of amides is 1. The zero-order valence-electron chi connectivity index (χ0n) is 19.5. The Morgan fingerprint density at radius 2 is 1.77 bits per heavy atom. The lowest BCUT2D eigenvalue weighted by atomic mass is 10.0. The number of nitrogens with zero attached hydrogens (tertiary/aromatic N) is 2. The van der Waals surface area contributed by atoms with Crippen LogP contribution in [0.1, 0.15) is 36.7 Å². The number of hydrogen-bond acceptors (Lipinski definition) is 3. The molecule has 1 amide bonds. The van der Waals surface area contributed by atoms with Crippen molar-refractivity contribution in [3.63, 3.8) is 0 Å². The number of aromatic nitrogens is 2. The third-order valence-electron chi connectivity index (χ3n) is 5.95. The van der Waals surface area contributed by atoms with Crippen LogP contribution in [0, 0.1) is 6.92 Å². The molecule has 1 heterocycles. The maximum atomic E-state index is 12.7. The summed E-state index contributed by atoms with van der Waals surface area (Å²) in [5, 5.41) is 12.5. The number of aryl methyl sites for hydroxylation is 2. The molecule has 0 saturated carbocycles. The third kappa shape index (κ3) is 5.16. The van der Waals surface area contributed by atoms with Gasteiger partial charge in [0.25, 0.3) is 0 Å². The largest absolute Gasteiger partial charge is 0.506 e. The molecule has 0 aliphatic carbocycles. The number of anilines is 1. The molecule has 4 aromatic rings. The lowest BCUT2D eigenvalue weighted by Crippen LogP contribution is -2.30. The lowest BCUT2D eigenvalue weighted by molar-refractivity contribution is -0.167. The van der Waals surface area contributed by atoms with Crippen LogP contribution in [-0.2, 0) is 17.8 Å². The molecule has 0 saturated heterocycles. The van der Waals surface area contributed by atoms with Crippen LogP contribution >= 0.6 is 0 Å². The van der Waals surface area contributed by atoms with Crippen LogP contribution in [-0.4, -0.2) is 26.7 Å². The van der Waals surface area contributed by atoms with Gasteiger partial charge in [0.2, 0.25) is 0 Å². The molecule has 1 aromatic heterocycles. The molecule has 0 atom stereocenters. The molecule has 0 bridgehead atoms. The third-order valence-corrected chi connectivity index (χ3v) is 5.95. The molecule has 0 unspecified atom stereocenters. The molecular formula is C27H26F3N3O2. The van der Waals surface area contributed by atoms with E-state index in [0.717, 1.165) is 41.7 Å². The van der Waals surface area contributed by atoms with E-state index in [9.17, 15) is 23.1 Å². The van der Waals surface area contributed by atoms with Crippen LogP contribution in [0.3, 0.4) is 0 Å². The number of unbranched alkanes of at least 4 members (excludes halogenated alkanes) is 1. The molecule has 3 aromatic carbocycles. The van der Waals surface area contributed by atoms with Crippen molar-refractivity contribution in [3.05, 3.63) is 77.6 Å². The number of fused-ring (bicyclic) bond motifs is 1. The topological polar surface area (TPSA) is 67.2 Å². The Morgan fingerprint density at radius 3 is 2.46 bits per heavy atom. The molecule has 35 heavy (non-hydrogen) atoms. The van der Waals surface area contributed by atoms with E-state index in [1.54, 1.807) is 24.3 Å². The Labute approximate surface area is 201 Å². The van der Waals surface area contributed by atoms with E-state index < -0.39 is 12.1 Å². The van der Waals surface area contributed by atoms with Crippen LogP contribution in [0.5, 0.6) is 5.75 Å². The highest BCUT2D eigenvalue weighted by molar-refractivity contribution is 5.98. The number of alkyl halides is 3. The monoisotopic (exact) mass is 481 g/mol. The van der Waals surface area contributed by atoms with Crippen LogP contribution in [0.4, 0.5) is 18.9 Å². The summed E-state index contributed by atoms with van der Waals surface area (Å²) in [6.45, 7) is 4.56. The number of aromatic hydroxyl groups is 1. The number of phenolic OH excluding ortho intramolecular Hbond substituents is 1. The number of rotatable bonds is 7. The van der Waals surface area contributed by atoms with E-state index in [1.807, 2.05) is 47.1 Å². The molecule has 182 valence electrons. The van der Waals surface area contributed by atoms with Crippen molar-refractivity contribution in [1.82, 2.24) is 9.55 Å². The summed E-state index contributed by atoms with van der Waals surface area (Å²) in [6, 6.07) is 17.3. The van der Waals surface area contributed by atoms with Crippen molar-refractivity contribution in [2.45, 2.75) is 45.8 Å². The summed E-state index contributed by atoms with van der Waals surface area (Å²) in [5.74, 6) is -0.939. The van der Waals surface area contributed by atoms with Gasteiger partial charge in [0.1, 0.15) is 17.1 Å². The number of imidazole rings is 1. The van der Waals surface area contributed by atoms with Gasteiger partial charge in [-0.3, -0.25) is 4.79 Å². The summed E-state index contributed by atoms with van der Waals surface area (Å²) < 4.78 is 40.2. The number of carbonyl (C=O) groups is 1. The Morgan fingerprint density at radius 1 is 1.06 bits per heavy atom. The molecule has 0 fully saturated rings. The molecule has 0 aliphatic rings. The van der Waals surface area contributed by atoms with Crippen LogP contribution in [0.2, 0.25) is 0 Å². The van der Waals surface area contributed by atoms with Gasteiger partial charge in [0.05, 0.1) is 5.52 Å². The van der Waals surface area contributed by atoms with Crippen LogP contribution in [0.25, 0.3) is 22.2 Å². The normalized spacial score (nSPS) is 11.7. The first kappa shape index (κ1) is 24.3. The maximum absolute atomic E-state index is 12.7. The van der Waals surface area contributed by atoms with Gasteiger partial charge in [-0.15, -0.1) is 0 Å². The van der Waals surface area contributed by atoms with Gasteiger partial charge in [-0.1, -0.05) is 61.9 Å². The predicted molar refractivity (Wildman–Crippen MR) is 130 cm³/mol. The van der Waals surface area contributed by atoms with E-state index in [4.69, 9.17) is 4.98 Å². The van der Waals surface area contributed by atoms with Crippen molar-refractivity contribution >= 4 is 22.6 Å². The fourth-order valence-electron chi connectivity index (χ4n) is 4.10. The highest BCUT2D eigenvalue weighted by Gasteiger charge is 2.39. The van der Waals surface area contributed by atoms with Crippen molar-refractivity contribution in [2.75, 3.05) is 5.32 Å². The smallest absolute Gasteiger partial charge is 0.471 e. The van der Waals surface area contributed by atoms with Gasteiger partial charge in [-0.25, -0.2) is 4.98 Å². The van der Waals surface area contributed by atoms with Crippen molar-refractivity contribution in [1.29, 1.82) is 0 Å². The Hall–Kier alpha value is -3.81. The van der Waals surface area contributed by atoms with Gasteiger partial charge in [-0.05, 0) is 42.2 Å². The minimum Gasteiger partial charge on any atom is -0.506 e. The average Bonchev–Trinajstić information content (AvgIpc) is 3.19. The summed E-state index contributed by atoms with van der Waals surface area (Å²) in [6.07, 6.45) is -2.19. The molecule has 0 spiro atoms. The molecular weight excluding hydrogens is 455 g/mol. The summed E-state index contributed by atoms with van der Waals surface area (Å²) in [4.78, 5) is 16.3. The standard InChI is InChI=1S/C27H26F3N3O2/c1-3-4-9-23-32-24-17(2)10-15-22(34)25(24)33(23)16-18-11-13-19(14-12-18)20-7-5-6-8-21(20)31-26(35)27(28,29)30/h5-8,10-15,34H,3-4,9,16H2,1-2H3,(H,31,35). The van der Waals surface area contributed by atoms with E-state index in [0.29, 0.717) is 23.2 Å². The number of phenols is 1. The van der Waals surface area contributed by atoms with E-state index in [1.165, 1.54) is 6.07 Å². The van der Waals surface area contributed by atoms with Crippen molar-refractivity contribution < 1.29 is 23.1 Å². The number of para-hydroxylation sites is 1. The molecule has 8 heteroatoms. The number of carbonyl (C=O) groups excluding carboxylic acids is 1. The average molecular weight is 482 g/mol. The summed E-state index contributed by atoms with van der Waals surface area (Å²) in [7, 11) is 0. The Bertz CT molecular complexity index is 1360. The van der Waals surface area contributed by atoms with Gasteiger partial charge >= 0.3 is 12.1 Å². The lowest BCUT2D eigenvalue weighted by Gasteiger charge is -2.14. The zero-order valence-corrected chi connectivity index (χ0v) is 19.5. The molecule has 0 radical (unpaired) electrons. The minimum absolute atomic E-state index is 0.0884. The van der Waals surface area contributed by atoms with Gasteiger partial charge < -0.3 is 15.0 Å². The van der Waals surface area contributed by atoms with Gasteiger partial charge in [0, 0.05) is 24.2 Å². The number of halogens is 3. The minimum atomic E-state index is -4.97. The number of benzene rings is 3. The van der Waals surface area contributed by atoms with E-state index >= 15 is 0 Å².